The van der Waals surface area contributed by atoms with E-state index in [2.05, 4.69) is 17.0 Å². The van der Waals surface area contributed by atoms with Crippen molar-refractivity contribution in [2.75, 3.05) is 46.4 Å². The summed E-state index contributed by atoms with van der Waals surface area (Å²) in [7, 11) is -1.88. The zero-order valence-corrected chi connectivity index (χ0v) is 25.1. The van der Waals surface area contributed by atoms with E-state index in [9.17, 15) is 13.2 Å². The molecule has 1 aliphatic heterocycles. The first-order chi connectivity index (χ1) is 19.4. The van der Waals surface area contributed by atoms with Crippen LogP contribution >= 0.6 is 0 Å². The van der Waals surface area contributed by atoms with E-state index in [0.717, 1.165) is 51.0 Å². The molecule has 1 saturated carbocycles. The molecule has 2 aromatic rings. The lowest BCUT2D eigenvalue weighted by Gasteiger charge is -2.40. The number of hydrogen-bond donors (Lipinski definition) is 0. The van der Waals surface area contributed by atoms with Crippen LogP contribution in [0.25, 0.3) is 0 Å². The van der Waals surface area contributed by atoms with Gasteiger partial charge in [-0.1, -0.05) is 67.8 Å². The SMILES string of the molecule is CCOC(=O)N(CC1CCCCC1)C1CCN(CC[C@H](CN(C)S(=O)(=O)c2ccccc2)c2ccccc2)CC1. The summed E-state index contributed by atoms with van der Waals surface area (Å²) in [5.41, 5.74) is 1.16. The van der Waals surface area contributed by atoms with Crippen LogP contribution in [0.2, 0.25) is 0 Å². The van der Waals surface area contributed by atoms with Crippen molar-refractivity contribution in [1.29, 1.82) is 0 Å². The smallest absolute Gasteiger partial charge is 0.410 e. The van der Waals surface area contributed by atoms with Crippen molar-refractivity contribution in [2.45, 2.75) is 75.1 Å². The first-order valence-electron chi connectivity index (χ1n) is 15.1. The number of rotatable bonds is 12. The summed E-state index contributed by atoms with van der Waals surface area (Å²) >= 11 is 0. The molecule has 1 aliphatic carbocycles. The van der Waals surface area contributed by atoms with Gasteiger partial charge in [-0.05, 0) is 75.1 Å². The standard InChI is InChI=1S/C32H47N3O4S/c1-3-39-32(36)35(25-27-13-7-4-8-14-27)30-20-23-34(24-21-30)22-19-29(28-15-9-5-10-16-28)26-33(2)40(37,38)31-17-11-6-12-18-31/h5-6,9-12,15-18,27,29-30H,3-4,7-8,13-14,19-26H2,1-2H3/t29-/m1/s1. The average molecular weight is 570 g/mol. The van der Waals surface area contributed by atoms with Gasteiger partial charge in [-0.2, -0.15) is 0 Å². The predicted octanol–water partition coefficient (Wildman–Crippen LogP) is 5.98. The number of nitrogens with zero attached hydrogens (tertiary/aromatic N) is 3. The van der Waals surface area contributed by atoms with Crippen LogP contribution in [0.1, 0.15) is 69.8 Å². The van der Waals surface area contributed by atoms with Crippen LogP contribution in [-0.2, 0) is 14.8 Å². The maximum Gasteiger partial charge on any atom is 0.410 e. The van der Waals surface area contributed by atoms with Gasteiger partial charge in [0.25, 0.3) is 0 Å². The molecule has 8 heteroatoms. The zero-order chi connectivity index (χ0) is 28.4. The lowest BCUT2D eigenvalue weighted by Crippen LogP contribution is -2.49. The third kappa shape index (κ3) is 8.30. The minimum Gasteiger partial charge on any atom is -0.450 e. The average Bonchev–Trinajstić information content (AvgIpc) is 2.99. The van der Waals surface area contributed by atoms with Gasteiger partial charge < -0.3 is 14.5 Å². The summed E-state index contributed by atoms with van der Waals surface area (Å²) in [6, 6.07) is 19.1. The molecule has 1 atom stereocenters. The number of hydrogen-bond acceptors (Lipinski definition) is 5. The van der Waals surface area contributed by atoms with Crippen molar-refractivity contribution in [3.05, 3.63) is 66.2 Å². The monoisotopic (exact) mass is 569 g/mol. The van der Waals surface area contributed by atoms with E-state index in [-0.39, 0.29) is 18.1 Å². The maximum atomic E-state index is 13.2. The summed E-state index contributed by atoms with van der Waals surface area (Å²) in [6.45, 7) is 6.31. The highest BCUT2D eigenvalue weighted by molar-refractivity contribution is 7.89. The van der Waals surface area contributed by atoms with Crippen LogP contribution < -0.4 is 0 Å². The molecular weight excluding hydrogens is 522 g/mol. The molecular formula is C32H47N3O4S. The lowest BCUT2D eigenvalue weighted by atomic mass is 9.88. The molecule has 1 saturated heterocycles. The molecule has 0 aromatic heterocycles. The Morgan fingerprint density at radius 1 is 0.950 bits per heavy atom. The molecule has 40 heavy (non-hydrogen) atoms. The Kier molecular flexibility index (Phi) is 11.4. The summed E-state index contributed by atoms with van der Waals surface area (Å²) in [5, 5.41) is 0. The first kappa shape index (κ1) is 30.5. The maximum absolute atomic E-state index is 13.2. The van der Waals surface area contributed by atoms with E-state index in [4.69, 9.17) is 4.74 Å². The molecule has 2 fully saturated rings. The van der Waals surface area contributed by atoms with Crippen LogP contribution in [0.5, 0.6) is 0 Å². The minimum atomic E-state index is -3.56. The van der Waals surface area contributed by atoms with Gasteiger partial charge in [0.05, 0.1) is 11.5 Å². The Morgan fingerprint density at radius 2 is 1.57 bits per heavy atom. The van der Waals surface area contributed by atoms with Crippen molar-refractivity contribution in [2.24, 2.45) is 5.92 Å². The van der Waals surface area contributed by atoms with Crippen molar-refractivity contribution in [1.82, 2.24) is 14.1 Å². The molecule has 0 radical (unpaired) electrons. The molecule has 2 aromatic carbocycles. The van der Waals surface area contributed by atoms with Crippen LogP contribution in [0.4, 0.5) is 4.79 Å². The van der Waals surface area contributed by atoms with E-state index in [0.29, 0.717) is 24.0 Å². The number of amides is 1. The highest BCUT2D eigenvalue weighted by Gasteiger charge is 2.32. The van der Waals surface area contributed by atoms with Gasteiger partial charge in [0, 0.05) is 39.3 Å². The van der Waals surface area contributed by atoms with Crippen molar-refractivity contribution in [3.8, 4) is 0 Å². The van der Waals surface area contributed by atoms with Gasteiger partial charge in [-0.3, -0.25) is 0 Å². The fraction of sp³-hybridized carbons (Fsp3) is 0.594. The molecule has 0 bridgehead atoms. The second-order valence-corrected chi connectivity index (χ2v) is 13.5. The van der Waals surface area contributed by atoms with Crippen molar-refractivity contribution < 1.29 is 17.9 Å². The Balaban J connectivity index is 1.35. The van der Waals surface area contributed by atoms with Crippen LogP contribution in [0, 0.1) is 5.92 Å². The number of carbonyl (C=O) groups excluding carboxylic acids is 1. The molecule has 0 spiro atoms. The highest BCUT2D eigenvalue weighted by atomic mass is 32.2. The number of benzene rings is 2. The van der Waals surface area contributed by atoms with Gasteiger partial charge in [0.2, 0.25) is 10.0 Å². The highest BCUT2D eigenvalue weighted by Crippen LogP contribution is 2.29. The number of carbonyl (C=O) groups is 1. The van der Waals surface area contributed by atoms with Crippen LogP contribution in [0.3, 0.4) is 0 Å². The van der Waals surface area contributed by atoms with Gasteiger partial charge in [0.1, 0.15) is 0 Å². The zero-order valence-electron chi connectivity index (χ0n) is 24.3. The molecule has 1 amide bonds. The lowest BCUT2D eigenvalue weighted by molar-refractivity contribution is 0.0561. The van der Waals surface area contributed by atoms with Crippen LogP contribution in [-0.4, -0.2) is 81.0 Å². The Labute approximate surface area is 241 Å². The first-order valence-corrected chi connectivity index (χ1v) is 16.5. The number of likely N-dealkylation sites (N-methyl/N-ethyl adjacent to an activating group) is 1. The number of likely N-dealkylation sites (tertiary alicyclic amines) is 1. The number of sulfonamides is 1. The predicted molar refractivity (Wildman–Crippen MR) is 160 cm³/mol. The molecule has 220 valence electrons. The fourth-order valence-electron chi connectivity index (χ4n) is 6.29. The van der Waals surface area contributed by atoms with Gasteiger partial charge in [-0.15, -0.1) is 0 Å². The van der Waals surface area contributed by atoms with E-state index in [1.54, 1.807) is 31.3 Å². The number of piperidine rings is 1. The van der Waals surface area contributed by atoms with Gasteiger partial charge in [0.15, 0.2) is 0 Å². The second kappa shape index (κ2) is 15.0. The van der Waals surface area contributed by atoms with Gasteiger partial charge in [-0.25, -0.2) is 17.5 Å². The molecule has 0 N–H and O–H groups in total. The summed E-state index contributed by atoms with van der Waals surface area (Å²) in [5.74, 6) is 0.678. The summed E-state index contributed by atoms with van der Waals surface area (Å²) in [4.78, 5) is 17.7. The molecule has 4 rings (SSSR count). The molecule has 2 aliphatic rings. The third-order valence-electron chi connectivity index (χ3n) is 8.67. The second-order valence-electron chi connectivity index (χ2n) is 11.4. The third-order valence-corrected chi connectivity index (χ3v) is 10.5. The topological polar surface area (TPSA) is 70.2 Å². The molecule has 7 nitrogen and oxygen atoms in total. The summed E-state index contributed by atoms with van der Waals surface area (Å²) in [6.07, 6.45) is 8.88. The van der Waals surface area contributed by atoms with Crippen molar-refractivity contribution >= 4 is 16.1 Å². The minimum absolute atomic E-state index is 0.0877. The van der Waals surface area contributed by atoms with Crippen LogP contribution in [0.15, 0.2) is 65.6 Å². The Bertz CT molecular complexity index is 1130. The quantitative estimate of drug-likeness (QED) is 0.314. The summed E-state index contributed by atoms with van der Waals surface area (Å²) < 4.78 is 33.4. The fourth-order valence-corrected chi connectivity index (χ4v) is 7.53. The van der Waals surface area contributed by atoms with E-state index in [1.165, 1.54) is 36.4 Å². The Hall–Kier alpha value is -2.42. The largest absolute Gasteiger partial charge is 0.450 e. The molecule has 1 heterocycles. The van der Waals surface area contributed by atoms with Gasteiger partial charge >= 0.3 is 6.09 Å². The van der Waals surface area contributed by atoms with Crippen molar-refractivity contribution in [3.63, 3.8) is 0 Å². The number of ether oxygens (including phenoxy) is 1. The van der Waals surface area contributed by atoms with E-state index < -0.39 is 10.0 Å². The Morgan fingerprint density at radius 3 is 2.20 bits per heavy atom. The molecule has 0 unspecified atom stereocenters. The van der Waals surface area contributed by atoms with E-state index >= 15 is 0 Å². The normalized spacial score (nSPS) is 18.5. The van der Waals surface area contributed by atoms with E-state index in [1.807, 2.05) is 36.1 Å².